The molecule has 0 N–H and O–H groups in total. The SMILES string of the molecule is COc1ccc2c(c1)C(C)(CCCCCl)C([O-])=CC2.[HH].[Na+]. The first-order chi connectivity index (χ1) is 9.11. The summed E-state index contributed by atoms with van der Waals surface area (Å²) < 4.78 is 5.29. The summed E-state index contributed by atoms with van der Waals surface area (Å²) in [7, 11) is 1.66. The minimum Gasteiger partial charge on any atom is -0.875 e. The Balaban J connectivity index is 0.00000200. The van der Waals surface area contributed by atoms with Crippen LogP contribution in [0.25, 0.3) is 0 Å². The van der Waals surface area contributed by atoms with Gasteiger partial charge in [0.05, 0.1) is 7.11 Å². The molecule has 1 aliphatic carbocycles. The van der Waals surface area contributed by atoms with Crippen LogP contribution in [-0.2, 0) is 11.8 Å². The van der Waals surface area contributed by atoms with Gasteiger partial charge in [-0.05, 0) is 42.5 Å². The molecule has 1 aromatic carbocycles. The third-order valence-corrected chi connectivity index (χ3v) is 4.29. The Labute approximate surface area is 149 Å². The van der Waals surface area contributed by atoms with E-state index in [2.05, 4.69) is 6.07 Å². The Bertz CT molecular complexity index is 493. The summed E-state index contributed by atoms with van der Waals surface area (Å²) in [6, 6.07) is 6.04. The maximum Gasteiger partial charge on any atom is 1.00 e. The third kappa shape index (κ3) is 3.54. The van der Waals surface area contributed by atoms with Gasteiger partial charge in [-0.3, -0.25) is 0 Å². The molecule has 0 saturated heterocycles. The molecule has 0 amide bonds. The van der Waals surface area contributed by atoms with Gasteiger partial charge in [-0.2, -0.15) is 0 Å². The second kappa shape index (κ2) is 7.74. The Kier molecular flexibility index (Phi) is 6.93. The first-order valence-corrected chi connectivity index (χ1v) is 7.26. The van der Waals surface area contributed by atoms with Gasteiger partial charge in [0.1, 0.15) is 5.75 Å². The Morgan fingerprint density at radius 2 is 2.15 bits per heavy atom. The average molecular weight is 305 g/mol. The summed E-state index contributed by atoms with van der Waals surface area (Å²) in [4.78, 5) is 0. The van der Waals surface area contributed by atoms with Crippen molar-refractivity contribution >= 4 is 11.6 Å². The zero-order valence-electron chi connectivity index (χ0n) is 12.5. The molecule has 0 saturated carbocycles. The first kappa shape index (κ1) is 17.9. The van der Waals surface area contributed by atoms with Crippen molar-refractivity contribution in [1.82, 2.24) is 0 Å². The second-order valence-corrected chi connectivity index (χ2v) is 5.65. The number of unbranched alkanes of at least 4 members (excludes halogenated alkanes) is 1. The number of fused-ring (bicyclic) bond motifs is 1. The van der Waals surface area contributed by atoms with Crippen molar-refractivity contribution in [2.45, 2.75) is 38.0 Å². The van der Waals surface area contributed by atoms with Crippen LogP contribution in [0.2, 0.25) is 0 Å². The maximum absolute atomic E-state index is 12.3. The van der Waals surface area contributed by atoms with Crippen molar-refractivity contribution in [3.8, 4) is 5.75 Å². The van der Waals surface area contributed by atoms with E-state index in [4.69, 9.17) is 16.3 Å². The molecule has 2 rings (SSSR count). The van der Waals surface area contributed by atoms with Crippen LogP contribution in [-0.4, -0.2) is 13.0 Å². The van der Waals surface area contributed by atoms with E-state index >= 15 is 0 Å². The summed E-state index contributed by atoms with van der Waals surface area (Å²) in [5, 5.41) is 12.3. The second-order valence-electron chi connectivity index (χ2n) is 5.27. The summed E-state index contributed by atoms with van der Waals surface area (Å²) in [6.07, 6.45) is 5.30. The van der Waals surface area contributed by atoms with E-state index in [0.717, 1.165) is 37.0 Å². The number of hydrogen-bond donors (Lipinski definition) is 0. The summed E-state index contributed by atoms with van der Waals surface area (Å²) in [5.74, 6) is 1.69. The van der Waals surface area contributed by atoms with Gasteiger partial charge < -0.3 is 9.84 Å². The number of rotatable bonds is 5. The topological polar surface area (TPSA) is 32.3 Å². The summed E-state index contributed by atoms with van der Waals surface area (Å²) in [5.41, 5.74) is 1.93. The Hall–Kier alpha value is -0.150. The minimum absolute atomic E-state index is 0. The van der Waals surface area contributed by atoms with Crippen LogP contribution in [0.15, 0.2) is 30.0 Å². The fourth-order valence-corrected chi connectivity index (χ4v) is 2.95. The zero-order valence-corrected chi connectivity index (χ0v) is 15.3. The van der Waals surface area contributed by atoms with E-state index in [1.807, 2.05) is 25.1 Å². The number of allylic oxidation sites excluding steroid dienone is 2. The van der Waals surface area contributed by atoms with Gasteiger partial charge in [-0.25, -0.2) is 0 Å². The molecule has 1 aromatic rings. The smallest absolute Gasteiger partial charge is 0.875 e. The van der Waals surface area contributed by atoms with E-state index in [9.17, 15) is 5.11 Å². The van der Waals surface area contributed by atoms with Crippen molar-refractivity contribution in [2.24, 2.45) is 0 Å². The number of methoxy groups -OCH3 is 1. The largest absolute Gasteiger partial charge is 1.00 e. The number of hydrogen-bond acceptors (Lipinski definition) is 2. The van der Waals surface area contributed by atoms with E-state index in [1.165, 1.54) is 5.56 Å². The van der Waals surface area contributed by atoms with E-state index in [0.29, 0.717) is 5.88 Å². The van der Waals surface area contributed by atoms with Gasteiger partial charge in [-0.1, -0.05) is 25.5 Å². The molecule has 1 aliphatic rings. The molecule has 20 heavy (non-hydrogen) atoms. The molecule has 0 heterocycles. The summed E-state index contributed by atoms with van der Waals surface area (Å²) in [6.45, 7) is 2.04. The van der Waals surface area contributed by atoms with Gasteiger partial charge in [0.15, 0.2) is 0 Å². The normalized spacial score (nSPS) is 20.6. The number of halogens is 1. The molecule has 0 fully saturated rings. The minimum atomic E-state index is -0.422. The number of alkyl halides is 1. The standard InChI is InChI=1S/C16H21ClO2.Na.H2/c1-16(9-3-4-10-17)14-11-13(19-2)7-5-12(14)6-8-15(16)18;;/h5,7-8,11,18H,3-4,6,9-10H2,1-2H3;;1H/q;+1;/p-1. The summed E-state index contributed by atoms with van der Waals surface area (Å²) >= 11 is 5.74. The Morgan fingerprint density at radius 3 is 2.80 bits per heavy atom. The van der Waals surface area contributed by atoms with Gasteiger partial charge in [-0.15, -0.1) is 17.4 Å². The molecule has 1 atom stereocenters. The average Bonchev–Trinajstić information content (AvgIpc) is 2.43. The van der Waals surface area contributed by atoms with E-state index in [1.54, 1.807) is 7.11 Å². The monoisotopic (exact) mass is 304 g/mol. The molecule has 0 radical (unpaired) electrons. The molecule has 0 aliphatic heterocycles. The van der Waals surface area contributed by atoms with Crippen LogP contribution >= 0.6 is 11.6 Å². The van der Waals surface area contributed by atoms with Crippen molar-refractivity contribution in [3.63, 3.8) is 0 Å². The van der Waals surface area contributed by atoms with Crippen LogP contribution in [0.4, 0.5) is 0 Å². The zero-order chi connectivity index (χ0) is 13.9. The van der Waals surface area contributed by atoms with Crippen LogP contribution < -0.4 is 39.4 Å². The van der Waals surface area contributed by atoms with E-state index < -0.39 is 5.41 Å². The van der Waals surface area contributed by atoms with Gasteiger partial charge in [0.25, 0.3) is 0 Å². The molecule has 0 bridgehead atoms. The van der Waals surface area contributed by atoms with Crippen molar-refractivity contribution in [3.05, 3.63) is 41.2 Å². The molecule has 2 nitrogen and oxygen atoms in total. The third-order valence-electron chi connectivity index (χ3n) is 4.02. The molecule has 0 spiro atoms. The first-order valence-electron chi connectivity index (χ1n) is 6.73. The van der Waals surface area contributed by atoms with Crippen molar-refractivity contribution < 1.29 is 40.8 Å². The molecule has 106 valence electrons. The number of benzene rings is 1. The quantitative estimate of drug-likeness (QED) is 0.448. The predicted octanol–water partition coefficient (Wildman–Crippen LogP) is 0.412. The fraction of sp³-hybridized carbons (Fsp3) is 0.500. The van der Waals surface area contributed by atoms with Gasteiger partial charge in [0.2, 0.25) is 0 Å². The fourth-order valence-electron chi connectivity index (χ4n) is 2.77. The molecular formula is C16H22ClNaO2. The molecule has 4 heteroatoms. The Morgan fingerprint density at radius 1 is 1.40 bits per heavy atom. The van der Waals surface area contributed by atoms with Gasteiger partial charge in [0, 0.05) is 12.7 Å². The van der Waals surface area contributed by atoms with Crippen LogP contribution in [0.5, 0.6) is 5.75 Å². The van der Waals surface area contributed by atoms with Crippen molar-refractivity contribution in [2.75, 3.05) is 13.0 Å². The van der Waals surface area contributed by atoms with Crippen LogP contribution in [0.1, 0.15) is 38.7 Å². The molecule has 0 aromatic heterocycles. The number of ether oxygens (including phenoxy) is 1. The van der Waals surface area contributed by atoms with E-state index in [-0.39, 0.29) is 36.7 Å². The molecule has 1 unspecified atom stereocenters. The van der Waals surface area contributed by atoms with Crippen LogP contribution in [0.3, 0.4) is 0 Å². The van der Waals surface area contributed by atoms with Crippen molar-refractivity contribution in [1.29, 1.82) is 0 Å². The van der Waals surface area contributed by atoms with Crippen LogP contribution in [0, 0.1) is 0 Å². The molecular weight excluding hydrogens is 283 g/mol. The predicted molar refractivity (Wildman–Crippen MR) is 78.8 cm³/mol. The maximum atomic E-state index is 12.3. The van der Waals surface area contributed by atoms with Gasteiger partial charge >= 0.3 is 29.6 Å².